The van der Waals surface area contributed by atoms with Crippen molar-refractivity contribution in [3.8, 4) is 0 Å². The van der Waals surface area contributed by atoms with Gasteiger partial charge in [0.15, 0.2) is 0 Å². The molecule has 0 radical (unpaired) electrons. The van der Waals surface area contributed by atoms with Crippen LogP contribution in [0.25, 0.3) is 0 Å². The van der Waals surface area contributed by atoms with E-state index in [4.69, 9.17) is 5.73 Å². The molecule has 1 aromatic heterocycles. The maximum atomic E-state index is 12.4. The lowest BCUT2D eigenvalue weighted by Gasteiger charge is -2.20. The van der Waals surface area contributed by atoms with Crippen LogP contribution in [0.5, 0.6) is 0 Å². The number of carbonyl (C=O) groups excluding carboxylic acids is 1. The number of hydrogen-bond donors (Lipinski definition) is 1. The molecule has 2 aromatic rings. The van der Waals surface area contributed by atoms with Crippen LogP contribution in [0.4, 0.5) is 5.69 Å². The summed E-state index contributed by atoms with van der Waals surface area (Å²) < 4.78 is 0. The lowest BCUT2D eigenvalue weighted by Crippen LogP contribution is -2.37. The first-order valence-corrected chi connectivity index (χ1v) is 6.83. The molecule has 92 valence electrons. The minimum atomic E-state index is -0.545. The zero-order valence-electron chi connectivity index (χ0n) is 9.87. The van der Waals surface area contributed by atoms with E-state index in [1.165, 1.54) is 16.9 Å². The van der Waals surface area contributed by atoms with Crippen molar-refractivity contribution in [3.63, 3.8) is 0 Å². The lowest BCUT2D eigenvalue weighted by molar-refractivity contribution is -0.119. The second-order valence-electron chi connectivity index (χ2n) is 4.36. The van der Waals surface area contributed by atoms with Gasteiger partial charge in [0, 0.05) is 17.1 Å². The van der Waals surface area contributed by atoms with Gasteiger partial charge >= 0.3 is 0 Å². The number of anilines is 1. The molecule has 1 amide bonds. The zero-order chi connectivity index (χ0) is 12.5. The highest BCUT2D eigenvalue weighted by Crippen LogP contribution is 2.30. The molecule has 1 aromatic carbocycles. The molecule has 3 nitrogen and oxygen atoms in total. The van der Waals surface area contributed by atoms with E-state index in [0.29, 0.717) is 0 Å². The molecular weight excluding hydrogens is 244 g/mol. The normalized spacial score (nSPS) is 15.5. The Bertz CT molecular complexity index is 565. The zero-order valence-corrected chi connectivity index (χ0v) is 10.7. The molecule has 0 bridgehead atoms. The fourth-order valence-electron chi connectivity index (χ4n) is 2.32. The largest absolute Gasteiger partial charge is 0.316 e. The number of para-hydroxylation sites is 1. The van der Waals surface area contributed by atoms with Gasteiger partial charge in [-0.1, -0.05) is 24.3 Å². The number of hydrogen-bond acceptors (Lipinski definition) is 3. The van der Waals surface area contributed by atoms with Gasteiger partial charge in [-0.2, -0.15) is 0 Å². The lowest BCUT2D eigenvalue weighted by atomic mass is 10.1. The second-order valence-corrected chi connectivity index (χ2v) is 5.34. The average Bonchev–Trinajstić information content (AvgIpc) is 3.06. The van der Waals surface area contributed by atoms with Gasteiger partial charge in [0.2, 0.25) is 5.91 Å². The van der Waals surface area contributed by atoms with Crippen molar-refractivity contribution >= 4 is 22.9 Å². The summed E-state index contributed by atoms with van der Waals surface area (Å²) in [5, 5.41) is 1.94. The Morgan fingerprint density at radius 3 is 2.89 bits per heavy atom. The number of rotatable bonds is 2. The predicted octanol–water partition coefficient (Wildman–Crippen LogP) is 2.34. The Kier molecular flexibility index (Phi) is 2.89. The predicted molar refractivity (Wildman–Crippen MR) is 73.7 cm³/mol. The molecule has 1 unspecified atom stereocenters. The van der Waals surface area contributed by atoms with E-state index in [0.717, 1.165) is 23.5 Å². The van der Waals surface area contributed by atoms with Crippen molar-refractivity contribution in [1.82, 2.24) is 0 Å². The number of amides is 1. The summed E-state index contributed by atoms with van der Waals surface area (Å²) in [6, 6.07) is 11.3. The number of benzene rings is 1. The van der Waals surface area contributed by atoms with Crippen LogP contribution in [0.2, 0.25) is 0 Å². The Hall–Kier alpha value is -1.65. The van der Waals surface area contributed by atoms with Gasteiger partial charge in [0.05, 0.1) is 0 Å². The van der Waals surface area contributed by atoms with Crippen LogP contribution in [-0.4, -0.2) is 12.5 Å². The van der Waals surface area contributed by atoms with Crippen molar-refractivity contribution in [2.24, 2.45) is 5.73 Å². The van der Waals surface area contributed by atoms with Crippen molar-refractivity contribution in [3.05, 3.63) is 52.2 Å². The molecule has 3 rings (SSSR count). The number of thiophene rings is 1. The van der Waals surface area contributed by atoms with Crippen molar-refractivity contribution in [2.75, 3.05) is 11.4 Å². The molecule has 4 heteroatoms. The van der Waals surface area contributed by atoms with E-state index < -0.39 is 6.04 Å². The summed E-state index contributed by atoms with van der Waals surface area (Å²) in [5.74, 6) is -0.0117. The fourth-order valence-corrected chi connectivity index (χ4v) is 3.04. The van der Waals surface area contributed by atoms with Gasteiger partial charge < -0.3 is 10.6 Å². The van der Waals surface area contributed by atoms with Gasteiger partial charge in [-0.15, -0.1) is 11.3 Å². The van der Waals surface area contributed by atoms with E-state index in [1.807, 2.05) is 35.7 Å². The summed E-state index contributed by atoms with van der Waals surface area (Å²) in [6.07, 6.45) is 0.916. The molecule has 1 atom stereocenters. The quantitative estimate of drug-likeness (QED) is 0.898. The van der Waals surface area contributed by atoms with E-state index in [9.17, 15) is 4.79 Å². The first kappa shape index (κ1) is 11.4. The van der Waals surface area contributed by atoms with Gasteiger partial charge in [0.25, 0.3) is 0 Å². The molecule has 0 saturated heterocycles. The summed E-state index contributed by atoms with van der Waals surface area (Å²) in [6.45, 7) is 0.733. The third kappa shape index (κ3) is 1.83. The number of nitrogens with zero attached hydrogens (tertiary/aromatic N) is 1. The Labute approximate surface area is 110 Å². The number of nitrogens with two attached hydrogens (primary N) is 1. The van der Waals surface area contributed by atoms with Gasteiger partial charge in [0.1, 0.15) is 6.04 Å². The minimum Gasteiger partial charge on any atom is -0.316 e. The van der Waals surface area contributed by atoms with Crippen LogP contribution in [0.1, 0.15) is 16.5 Å². The van der Waals surface area contributed by atoms with E-state index in [1.54, 1.807) is 4.90 Å². The molecule has 0 saturated carbocycles. The van der Waals surface area contributed by atoms with E-state index in [2.05, 4.69) is 6.07 Å². The summed E-state index contributed by atoms with van der Waals surface area (Å²) >= 11 is 1.53. The molecule has 2 N–H and O–H groups in total. The Balaban J connectivity index is 1.87. The second kappa shape index (κ2) is 4.55. The number of carbonyl (C=O) groups is 1. The highest BCUT2D eigenvalue weighted by molar-refractivity contribution is 7.10. The van der Waals surface area contributed by atoms with Crippen LogP contribution >= 0.6 is 11.3 Å². The van der Waals surface area contributed by atoms with Gasteiger partial charge in [-0.25, -0.2) is 0 Å². The van der Waals surface area contributed by atoms with Gasteiger partial charge in [-0.3, -0.25) is 4.79 Å². The molecule has 0 spiro atoms. The van der Waals surface area contributed by atoms with E-state index >= 15 is 0 Å². The first-order valence-electron chi connectivity index (χ1n) is 5.95. The average molecular weight is 258 g/mol. The minimum absolute atomic E-state index is 0.0117. The maximum Gasteiger partial charge on any atom is 0.249 e. The van der Waals surface area contributed by atoms with Gasteiger partial charge in [-0.05, 0) is 29.5 Å². The maximum absolute atomic E-state index is 12.4. The Morgan fingerprint density at radius 2 is 2.11 bits per heavy atom. The van der Waals surface area contributed by atoms with Crippen LogP contribution in [0.3, 0.4) is 0 Å². The smallest absolute Gasteiger partial charge is 0.249 e. The van der Waals surface area contributed by atoms with E-state index in [-0.39, 0.29) is 5.91 Å². The number of fused-ring (bicyclic) bond motifs is 1. The highest BCUT2D eigenvalue weighted by atomic mass is 32.1. The first-order chi connectivity index (χ1) is 8.77. The molecule has 18 heavy (non-hydrogen) atoms. The summed E-state index contributed by atoms with van der Waals surface area (Å²) in [4.78, 5) is 15.1. The SMILES string of the molecule is NC(C(=O)N1CCc2ccccc21)c1cccs1. The van der Waals surface area contributed by atoms with Crippen LogP contribution in [0.15, 0.2) is 41.8 Å². The molecular formula is C14H14N2OS. The summed E-state index contributed by atoms with van der Waals surface area (Å²) in [5.41, 5.74) is 8.27. The molecule has 1 aliphatic heterocycles. The molecule has 1 aliphatic rings. The standard InChI is InChI=1S/C14H14N2OS/c15-13(12-6-3-9-18-12)14(17)16-8-7-10-4-1-2-5-11(10)16/h1-6,9,13H,7-8,15H2. The van der Waals surface area contributed by atoms with Crippen LogP contribution in [-0.2, 0) is 11.2 Å². The van der Waals surface area contributed by atoms with Crippen LogP contribution in [0, 0.1) is 0 Å². The third-order valence-electron chi connectivity index (χ3n) is 3.27. The third-order valence-corrected chi connectivity index (χ3v) is 4.22. The van der Waals surface area contributed by atoms with Crippen LogP contribution < -0.4 is 10.6 Å². The van der Waals surface area contributed by atoms with Crippen molar-refractivity contribution in [1.29, 1.82) is 0 Å². The molecule has 0 fully saturated rings. The topological polar surface area (TPSA) is 46.3 Å². The van der Waals surface area contributed by atoms with Crippen molar-refractivity contribution < 1.29 is 4.79 Å². The molecule has 2 heterocycles. The fraction of sp³-hybridized carbons (Fsp3) is 0.214. The summed E-state index contributed by atoms with van der Waals surface area (Å²) in [7, 11) is 0. The highest BCUT2D eigenvalue weighted by Gasteiger charge is 2.29. The monoisotopic (exact) mass is 258 g/mol. The molecule has 0 aliphatic carbocycles. The van der Waals surface area contributed by atoms with Crippen molar-refractivity contribution in [2.45, 2.75) is 12.5 Å². The Morgan fingerprint density at radius 1 is 1.28 bits per heavy atom.